The van der Waals surface area contributed by atoms with Crippen molar-refractivity contribution in [3.63, 3.8) is 0 Å². The van der Waals surface area contributed by atoms with Gasteiger partial charge in [-0.3, -0.25) is 9.59 Å². The van der Waals surface area contributed by atoms with Crippen molar-refractivity contribution < 1.29 is 14.3 Å². The third-order valence-electron chi connectivity index (χ3n) is 8.32. The molecule has 168 valence electrons. The fourth-order valence-corrected chi connectivity index (χ4v) is 8.98. The van der Waals surface area contributed by atoms with E-state index in [9.17, 15) is 9.59 Å². The van der Waals surface area contributed by atoms with Crippen LogP contribution in [0.5, 0.6) is 0 Å². The zero-order chi connectivity index (χ0) is 21.5. The third-order valence-corrected chi connectivity index (χ3v) is 9.25. The summed E-state index contributed by atoms with van der Waals surface area (Å²) >= 11 is 4.01. The average Bonchev–Trinajstić information content (AvgIpc) is 2.71. The predicted octanol–water partition coefficient (Wildman–Crippen LogP) is 5.13. The maximum Gasteiger partial charge on any atom is 0.306 e. The topological polar surface area (TPSA) is 46.6 Å². The molecule has 6 rings (SSSR count). The summed E-state index contributed by atoms with van der Waals surface area (Å²) in [6, 6.07) is 10.6. The largest absolute Gasteiger partial charge is 0.456 e. The second-order valence-corrected chi connectivity index (χ2v) is 12.6. The van der Waals surface area contributed by atoms with Gasteiger partial charge in [0.2, 0.25) is 0 Å². The lowest BCUT2D eigenvalue weighted by Gasteiger charge is -2.60. The zero-order valence-corrected chi connectivity index (χ0v) is 19.9. The Bertz CT molecular complexity index is 803. The van der Waals surface area contributed by atoms with Crippen LogP contribution in [0.15, 0.2) is 30.3 Å². The number of carbonyl (C=O) groups excluding carboxylic acids is 2. The lowest BCUT2D eigenvalue weighted by molar-refractivity contribution is -0.157. The zero-order valence-electron chi connectivity index (χ0n) is 18.4. The molecule has 1 aliphatic heterocycles. The Kier molecular flexibility index (Phi) is 5.91. The van der Waals surface area contributed by atoms with Crippen molar-refractivity contribution in [1.82, 2.24) is 4.90 Å². The fourth-order valence-electron chi connectivity index (χ4n) is 7.47. The van der Waals surface area contributed by atoms with Gasteiger partial charge in [0.05, 0.1) is 6.42 Å². The number of alkyl halides is 1. The summed E-state index contributed by atoms with van der Waals surface area (Å²) in [4.78, 5) is 27.2. The number of piperidine rings is 1. The highest BCUT2D eigenvalue weighted by molar-refractivity contribution is 9.10. The summed E-state index contributed by atoms with van der Waals surface area (Å²) in [6.07, 6.45) is 10.9. The van der Waals surface area contributed by atoms with Gasteiger partial charge in [-0.2, -0.15) is 0 Å². The minimum absolute atomic E-state index is 0.0333. The van der Waals surface area contributed by atoms with Crippen LogP contribution in [0, 0.1) is 23.2 Å². The SMILES string of the molecule is O=C(CC12C[C@H]3C[C@@H](CC(Br)(C3)C1)C2)OCC(=O)N1CCC(Cc2ccccc2)CC1. The van der Waals surface area contributed by atoms with E-state index in [-0.39, 0.29) is 28.2 Å². The van der Waals surface area contributed by atoms with Crippen molar-refractivity contribution in [1.29, 1.82) is 0 Å². The van der Waals surface area contributed by atoms with Crippen LogP contribution >= 0.6 is 15.9 Å². The smallest absolute Gasteiger partial charge is 0.306 e. The molecule has 0 spiro atoms. The number of nitrogens with zero attached hydrogens (tertiary/aromatic N) is 1. The lowest BCUT2D eigenvalue weighted by atomic mass is 9.49. The number of likely N-dealkylation sites (tertiary alicyclic amines) is 1. The van der Waals surface area contributed by atoms with E-state index in [0.29, 0.717) is 12.3 Å². The van der Waals surface area contributed by atoms with Crippen LogP contribution in [0.1, 0.15) is 63.4 Å². The van der Waals surface area contributed by atoms with Gasteiger partial charge in [-0.25, -0.2) is 0 Å². The van der Waals surface area contributed by atoms with Gasteiger partial charge in [-0.05, 0) is 86.5 Å². The van der Waals surface area contributed by atoms with Crippen LogP contribution < -0.4 is 0 Å². The van der Waals surface area contributed by atoms with Crippen LogP contribution in [0.3, 0.4) is 0 Å². The number of benzene rings is 1. The van der Waals surface area contributed by atoms with E-state index in [2.05, 4.69) is 40.2 Å². The number of ether oxygens (including phenoxy) is 1. The molecular weight excluding hydrogens is 454 g/mol. The molecule has 4 saturated carbocycles. The van der Waals surface area contributed by atoms with Crippen LogP contribution in [0.2, 0.25) is 0 Å². The second-order valence-electron chi connectivity index (χ2n) is 11.0. The molecule has 31 heavy (non-hydrogen) atoms. The maximum atomic E-state index is 12.7. The van der Waals surface area contributed by atoms with Gasteiger partial charge in [0.15, 0.2) is 6.61 Å². The number of halogens is 1. The standard InChI is InChI=1S/C26H34BrNO3/c27-26-14-21-11-22(15-26)13-25(12-21,18-26)16-24(30)31-17-23(29)28-8-6-20(7-9-28)10-19-4-2-1-3-5-19/h1-5,20-22H,6-18H2/t21-,22-,25?,26?/m1/s1. The normalized spacial score (nSPS) is 34.7. The van der Waals surface area contributed by atoms with Crippen LogP contribution in [-0.4, -0.2) is 40.8 Å². The number of hydrogen-bond donors (Lipinski definition) is 0. The van der Waals surface area contributed by atoms with E-state index in [0.717, 1.165) is 63.5 Å². The Morgan fingerprint density at radius 1 is 1.03 bits per heavy atom. The summed E-state index contributed by atoms with van der Waals surface area (Å²) in [5.74, 6) is 1.93. The molecule has 4 aliphatic carbocycles. The van der Waals surface area contributed by atoms with Crippen molar-refractivity contribution in [3.05, 3.63) is 35.9 Å². The van der Waals surface area contributed by atoms with Crippen molar-refractivity contribution in [3.8, 4) is 0 Å². The molecule has 1 aromatic rings. The predicted molar refractivity (Wildman–Crippen MR) is 124 cm³/mol. The van der Waals surface area contributed by atoms with Gasteiger partial charge in [-0.1, -0.05) is 46.3 Å². The summed E-state index contributed by atoms with van der Waals surface area (Å²) in [5.41, 5.74) is 1.47. The molecule has 5 fully saturated rings. The third kappa shape index (κ3) is 4.86. The number of esters is 1. The van der Waals surface area contributed by atoms with Crippen LogP contribution in [0.25, 0.3) is 0 Å². The Morgan fingerprint density at radius 3 is 2.35 bits per heavy atom. The Morgan fingerprint density at radius 2 is 1.71 bits per heavy atom. The van der Waals surface area contributed by atoms with E-state index < -0.39 is 0 Å². The Balaban J connectivity index is 1.06. The lowest BCUT2D eigenvalue weighted by Crippen LogP contribution is -2.53. The van der Waals surface area contributed by atoms with Crippen molar-refractivity contribution in [2.45, 2.75) is 68.5 Å². The minimum Gasteiger partial charge on any atom is -0.456 e. The monoisotopic (exact) mass is 487 g/mol. The highest BCUT2D eigenvalue weighted by atomic mass is 79.9. The van der Waals surface area contributed by atoms with E-state index in [4.69, 9.17) is 4.74 Å². The Labute approximate surface area is 194 Å². The molecule has 0 unspecified atom stereocenters. The summed E-state index contributed by atoms with van der Waals surface area (Å²) in [5, 5.41) is 0. The summed E-state index contributed by atoms with van der Waals surface area (Å²) in [7, 11) is 0. The first kappa shape index (κ1) is 21.5. The van der Waals surface area contributed by atoms with Crippen molar-refractivity contribution in [2.75, 3.05) is 19.7 Å². The quantitative estimate of drug-likeness (QED) is 0.412. The van der Waals surface area contributed by atoms with Crippen LogP contribution in [-0.2, 0) is 20.7 Å². The van der Waals surface area contributed by atoms with Gasteiger partial charge in [0.25, 0.3) is 5.91 Å². The fraction of sp³-hybridized carbons (Fsp3) is 0.692. The molecule has 4 nitrogen and oxygen atoms in total. The van der Waals surface area contributed by atoms with Gasteiger partial charge in [0.1, 0.15) is 0 Å². The van der Waals surface area contributed by atoms with Gasteiger partial charge < -0.3 is 9.64 Å². The highest BCUT2D eigenvalue weighted by Crippen LogP contribution is 2.65. The van der Waals surface area contributed by atoms with E-state index >= 15 is 0 Å². The number of amides is 1. The second kappa shape index (κ2) is 8.53. The molecule has 0 N–H and O–H groups in total. The van der Waals surface area contributed by atoms with Gasteiger partial charge in [0, 0.05) is 17.4 Å². The molecular formula is C26H34BrNO3. The molecule has 0 radical (unpaired) electrons. The summed E-state index contributed by atoms with van der Waals surface area (Å²) < 4.78 is 5.75. The molecule has 1 aromatic carbocycles. The number of carbonyl (C=O) groups is 2. The number of rotatable bonds is 6. The number of hydrogen-bond acceptors (Lipinski definition) is 3. The average molecular weight is 488 g/mol. The Hall–Kier alpha value is -1.36. The molecule has 0 aromatic heterocycles. The van der Waals surface area contributed by atoms with Gasteiger partial charge in [-0.15, -0.1) is 0 Å². The molecule has 5 aliphatic rings. The van der Waals surface area contributed by atoms with E-state index in [1.54, 1.807) is 0 Å². The van der Waals surface area contributed by atoms with Crippen LogP contribution in [0.4, 0.5) is 0 Å². The molecule has 1 amide bonds. The highest BCUT2D eigenvalue weighted by Gasteiger charge is 2.57. The van der Waals surface area contributed by atoms with E-state index in [1.807, 2.05) is 11.0 Å². The molecule has 2 atom stereocenters. The molecule has 1 saturated heterocycles. The minimum atomic E-state index is -0.176. The van der Waals surface area contributed by atoms with E-state index in [1.165, 1.54) is 24.8 Å². The first-order valence-electron chi connectivity index (χ1n) is 12.1. The summed E-state index contributed by atoms with van der Waals surface area (Å²) in [6.45, 7) is 1.45. The first-order chi connectivity index (χ1) is 14.9. The van der Waals surface area contributed by atoms with Crippen molar-refractivity contribution in [2.24, 2.45) is 23.2 Å². The van der Waals surface area contributed by atoms with Gasteiger partial charge >= 0.3 is 5.97 Å². The molecule has 1 heterocycles. The first-order valence-corrected chi connectivity index (χ1v) is 12.9. The maximum absolute atomic E-state index is 12.7. The van der Waals surface area contributed by atoms with Crippen molar-refractivity contribution >= 4 is 27.8 Å². The molecule has 5 heteroatoms. The molecule has 4 bridgehead atoms.